The van der Waals surface area contributed by atoms with Crippen LogP contribution in [0.4, 0.5) is 0 Å². The van der Waals surface area contributed by atoms with Gasteiger partial charge in [-0.1, -0.05) is 36.4 Å². The Morgan fingerprint density at radius 3 is 2.59 bits per heavy atom. The first-order chi connectivity index (χ1) is 18.2. The van der Waals surface area contributed by atoms with E-state index in [-0.39, 0.29) is 11.9 Å². The molecule has 5 heterocycles. The van der Waals surface area contributed by atoms with Crippen LogP contribution in [0.1, 0.15) is 34.7 Å². The number of nitrogens with zero attached hydrogens (tertiary/aromatic N) is 5. The Bertz CT molecular complexity index is 1470. The van der Waals surface area contributed by atoms with Gasteiger partial charge in [0, 0.05) is 37.4 Å². The third-order valence-electron chi connectivity index (χ3n) is 6.84. The Morgan fingerprint density at radius 2 is 1.84 bits per heavy atom. The predicted molar refractivity (Wildman–Crippen MR) is 141 cm³/mol. The van der Waals surface area contributed by atoms with Crippen LogP contribution in [0.25, 0.3) is 22.3 Å². The zero-order valence-electron chi connectivity index (χ0n) is 20.5. The molecule has 0 atom stereocenters. The number of hydrogen-bond acceptors (Lipinski definition) is 6. The summed E-state index contributed by atoms with van der Waals surface area (Å²) < 4.78 is 7.30. The maximum Gasteiger partial charge on any atom is 0.252 e. The fourth-order valence-electron chi connectivity index (χ4n) is 4.88. The number of nitrogens with one attached hydrogen (secondary N) is 1. The lowest BCUT2D eigenvalue weighted by Gasteiger charge is -2.32. The molecule has 1 aliphatic heterocycles. The van der Waals surface area contributed by atoms with Gasteiger partial charge in [-0.2, -0.15) is 5.10 Å². The molecule has 1 aromatic carbocycles. The van der Waals surface area contributed by atoms with E-state index < -0.39 is 0 Å². The topological polar surface area (TPSA) is 89.1 Å². The van der Waals surface area contributed by atoms with Gasteiger partial charge in [0.2, 0.25) is 0 Å². The van der Waals surface area contributed by atoms with E-state index in [1.807, 2.05) is 66.9 Å². The molecular weight excluding hydrogens is 464 g/mol. The van der Waals surface area contributed by atoms with Crippen molar-refractivity contribution in [2.45, 2.75) is 32.0 Å². The molecule has 0 unspecified atom stereocenters. The monoisotopic (exact) mass is 492 g/mol. The first kappa shape index (κ1) is 23.1. The Balaban J connectivity index is 1.23. The second-order valence-electron chi connectivity index (χ2n) is 9.38. The number of pyridine rings is 2. The van der Waals surface area contributed by atoms with Crippen molar-refractivity contribution in [2.75, 3.05) is 13.1 Å². The molecule has 0 spiro atoms. The van der Waals surface area contributed by atoms with Crippen LogP contribution in [0.5, 0.6) is 0 Å². The second kappa shape index (κ2) is 10.4. The minimum Gasteiger partial charge on any atom is -0.467 e. The highest BCUT2D eigenvalue weighted by atomic mass is 16.3. The third kappa shape index (κ3) is 5.15. The van der Waals surface area contributed by atoms with E-state index in [1.165, 1.54) is 0 Å². The first-order valence-electron chi connectivity index (χ1n) is 12.6. The maximum absolute atomic E-state index is 13.6. The number of rotatable bonds is 7. The fourth-order valence-corrected chi connectivity index (χ4v) is 4.88. The lowest BCUT2D eigenvalue weighted by molar-refractivity contribution is 0.0910. The van der Waals surface area contributed by atoms with Gasteiger partial charge in [0.05, 0.1) is 34.8 Å². The smallest absolute Gasteiger partial charge is 0.252 e. The maximum atomic E-state index is 13.6. The van der Waals surface area contributed by atoms with Crippen LogP contribution >= 0.6 is 0 Å². The van der Waals surface area contributed by atoms with Crippen molar-refractivity contribution in [3.8, 4) is 11.3 Å². The van der Waals surface area contributed by atoms with Crippen molar-refractivity contribution in [3.63, 3.8) is 0 Å². The summed E-state index contributed by atoms with van der Waals surface area (Å²) in [5.74, 6) is 0.686. The summed E-state index contributed by atoms with van der Waals surface area (Å²) in [6.45, 7) is 3.12. The van der Waals surface area contributed by atoms with Gasteiger partial charge in [0.25, 0.3) is 5.91 Å². The molecule has 186 valence electrons. The summed E-state index contributed by atoms with van der Waals surface area (Å²) in [5.41, 5.74) is 4.01. The summed E-state index contributed by atoms with van der Waals surface area (Å²) in [7, 11) is 0. The molecule has 0 saturated carbocycles. The molecule has 0 bridgehead atoms. The largest absolute Gasteiger partial charge is 0.467 e. The summed E-state index contributed by atoms with van der Waals surface area (Å²) in [4.78, 5) is 25.3. The van der Waals surface area contributed by atoms with Crippen molar-refractivity contribution in [1.29, 1.82) is 0 Å². The second-order valence-corrected chi connectivity index (χ2v) is 9.38. The Kier molecular flexibility index (Phi) is 6.47. The van der Waals surface area contributed by atoms with Crippen molar-refractivity contribution < 1.29 is 9.21 Å². The van der Waals surface area contributed by atoms with Crippen LogP contribution in [-0.4, -0.2) is 49.7 Å². The molecule has 1 saturated heterocycles. The van der Waals surface area contributed by atoms with Gasteiger partial charge in [0.1, 0.15) is 12.3 Å². The van der Waals surface area contributed by atoms with Crippen LogP contribution in [-0.2, 0) is 13.1 Å². The quantitative estimate of drug-likeness (QED) is 0.359. The lowest BCUT2D eigenvalue weighted by Crippen LogP contribution is -2.44. The van der Waals surface area contributed by atoms with Gasteiger partial charge in [-0.15, -0.1) is 0 Å². The molecule has 8 heteroatoms. The summed E-state index contributed by atoms with van der Waals surface area (Å²) >= 11 is 0. The van der Waals surface area contributed by atoms with Crippen molar-refractivity contribution in [2.24, 2.45) is 0 Å². The van der Waals surface area contributed by atoms with E-state index in [1.54, 1.807) is 17.1 Å². The van der Waals surface area contributed by atoms with Crippen LogP contribution in [0.3, 0.4) is 0 Å². The molecule has 0 aliphatic carbocycles. The molecule has 1 aliphatic rings. The van der Waals surface area contributed by atoms with Crippen LogP contribution in [0.15, 0.2) is 89.8 Å². The number of likely N-dealkylation sites (tertiary alicyclic amines) is 1. The van der Waals surface area contributed by atoms with Crippen LogP contribution in [0.2, 0.25) is 0 Å². The number of carbonyl (C=O) groups excluding carboxylic acids is 1. The van der Waals surface area contributed by atoms with Crippen molar-refractivity contribution in [1.82, 2.24) is 30.0 Å². The normalized spacial score (nSPS) is 14.7. The highest BCUT2D eigenvalue weighted by Crippen LogP contribution is 2.26. The number of furan rings is 1. The highest BCUT2D eigenvalue weighted by Gasteiger charge is 2.24. The fraction of sp³-hybridized carbons (Fsp3) is 0.241. The minimum atomic E-state index is -0.0923. The molecule has 37 heavy (non-hydrogen) atoms. The Hall–Kier alpha value is -4.30. The number of fused-ring (bicyclic) bond motifs is 1. The standard InChI is InChI=1S/C29H28N6O2/c36-29(32-22-11-14-34(15-12-22)19-23-9-4-5-13-30-23)25-17-27(21-7-2-1-3-8-21)33-28-26(25)18-31-35(28)20-24-10-6-16-37-24/h1-10,13,16-18,22H,11-12,14-15,19-20H2,(H,32,36). The van der Waals surface area contributed by atoms with Crippen LogP contribution < -0.4 is 5.32 Å². The summed E-state index contributed by atoms with van der Waals surface area (Å²) in [6.07, 6.45) is 7.00. The molecule has 1 N–H and O–H groups in total. The molecular formula is C29H28N6O2. The van der Waals surface area contributed by atoms with E-state index in [0.29, 0.717) is 17.8 Å². The molecule has 0 radical (unpaired) electrons. The van der Waals surface area contributed by atoms with Gasteiger partial charge in [0.15, 0.2) is 5.65 Å². The van der Waals surface area contributed by atoms with Gasteiger partial charge in [-0.05, 0) is 43.2 Å². The molecule has 6 rings (SSSR count). The minimum absolute atomic E-state index is 0.0923. The third-order valence-corrected chi connectivity index (χ3v) is 6.84. The number of amides is 1. The summed E-state index contributed by atoms with van der Waals surface area (Å²) in [5, 5.41) is 8.56. The zero-order chi connectivity index (χ0) is 25.0. The van der Waals surface area contributed by atoms with Gasteiger partial charge < -0.3 is 9.73 Å². The Morgan fingerprint density at radius 1 is 1.00 bits per heavy atom. The SMILES string of the molecule is O=C(NC1CCN(Cc2ccccn2)CC1)c1cc(-c2ccccc2)nc2c1cnn2Cc1ccco1. The number of aromatic nitrogens is 4. The Labute approximate surface area is 215 Å². The van der Waals surface area contributed by atoms with E-state index >= 15 is 0 Å². The highest BCUT2D eigenvalue weighted by molar-refractivity contribution is 6.06. The summed E-state index contributed by atoms with van der Waals surface area (Å²) in [6, 6.07) is 21.7. The average Bonchev–Trinajstić information content (AvgIpc) is 3.61. The molecule has 1 fully saturated rings. The van der Waals surface area contributed by atoms with Gasteiger partial charge in [-0.25, -0.2) is 9.67 Å². The number of piperidine rings is 1. The molecule has 1 amide bonds. The molecule has 5 aromatic rings. The first-order valence-corrected chi connectivity index (χ1v) is 12.6. The molecule has 4 aromatic heterocycles. The average molecular weight is 493 g/mol. The van der Waals surface area contributed by atoms with E-state index in [9.17, 15) is 4.79 Å². The zero-order valence-corrected chi connectivity index (χ0v) is 20.5. The van der Waals surface area contributed by atoms with E-state index in [0.717, 1.165) is 60.6 Å². The lowest BCUT2D eigenvalue weighted by atomic mass is 10.0. The van der Waals surface area contributed by atoms with Crippen molar-refractivity contribution in [3.05, 3.63) is 102 Å². The van der Waals surface area contributed by atoms with E-state index in [4.69, 9.17) is 9.40 Å². The van der Waals surface area contributed by atoms with E-state index in [2.05, 4.69) is 26.4 Å². The van der Waals surface area contributed by atoms with Crippen molar-refractivity contribution >= 4 is 16.9 Å². The number of carbonyl (C=O) groups is 1. The van der Waals surface area contributed by atoms with Gasteiger partial charge >= 0.3 is 0 Å². The number of hydrogen-bond donors (Lipinski definition) is 1. The van der Waals surface area contributed by atoms with Gasteiger partial charge in [-0.3, -0.25) is 14.7 Å². The molecule has 8 nitrogen and oxygen atoms in total. The number of benzene rings is 1. The van der Waals surface area contributed by atoms with Crippen LogP contribution in [0, 0.1) is 0 Å². The predicted octanol–water partition coefficient (Wildman–Crippen LogP) is 4.53.